The average molecular weight is 196 g/mol. The number of ether oxygens (including phenoxy) is 1. The number of rotatable bonds is 1. The molecule has 0 radical (unpaired) electrons. The van der Waals surface area contributed by atoms with E-state index >= 15 is 0 Å². The molecule has 0 aromatic rings. The standard InChI is InChI=1S/C6H12O5S/c7-1-2-3(8)5(12)4(9)6(10)11-2/h2-10,12H,1H2/t2-,3-,4-,5-,6+/m1/s1. The van der Waals surface area contributed by atoms with E-state index in [1.807, 2.05) is 0 Å². The maximum Gasteiger partial charge on any atom is 0.182 e. The van der Waals surface area contributed by atoms with Crippen LogP contribution in [0.2, 0.25) is 0 Å². The summed E-state index contributed by atoms with van der Waals surface area (Å²) >= 11 is 3.87. The number of hydrogen-bond donors (Lipinski definition) is 5. The van der Waals surface area contributed by atoms with Crippen LogP contribution in [0, 0.1) is 0 Å². The fourth-order valence-electron chi connectivity index (χ4n) is 1.08. The van der Waals surface area contributed by atoms with Crippen molar-refractivity contribution in [3.05, 3.63) is 0 Å². The molecular weight excluding hydrogens is 184 g/mol. The van der Waals surface area contributed by atoms with Gasteiger partial charge in [0.2, 0.25) is 0 Å². The molecule has 0 saturated carbocycles. The molecule has 0 aromatic heterocycles. The molecule has 0 bridgehead atoms. The SMILES string of the molecule is OC[C@H]1O[C@H](O)[C@H](O)[C@H](S)[C@@H]1O. The molecular formula is C6H12O5S. The molecule has 0 aliphatic carbocycles. The van der Waals surface area contributed by atoms with Crippen molar-refractivity contribution in [3.63, 3.8) is 0 Å². The lowest BCUT2D eigenvalue weighted by Crippen LogP contribution is -2.56. The van der Waals surface area contributed by atoms with Crippen LogP contribution >= 0.6 is 12.6 Å². The van der Waals surface area contributed by atoms with Crippen molar-refractivity contribution in [3.8, 4) is 0 Å². The highest BCUT2D eigenvalue weighted by atomic mass is 32.1. The first-order chi connectivity index (χ1) is 5.57. The van der Waals surface area contributed by atoms with Gasteiger partial charge in [-0.1, -0.05) is 0 Å². The fourth-order valence-corrected chi connectivity index (χ4v) is 1.42. The van der Waals surface area contributed by atoms with Gasteiger partial charge >= 0.3 is 0 Å². The molecule has 1 heterocycles. The third-order valence-corrected chi connectivity index (χ3v) is 2.48. The molecule has 72 valence electrons. The molecule has 5 atom stereocenters. The summed E-state index contributed by atoms with van der Waals surface area (Å²) in [6.07, 6.45) is -4.58. The minimum Gasteiger partial charge on any atom is -0.394 e. The Balaban J connectivity index is 2.63. The molecule has 12 heavy (non-hydrogen) atoms. The highest BCUT2D eigenvalue weighted by molar-refractivity contribution is 7.81. The Morgan fingerprint density at radius 2 is 1.75 bits per heavy atom. The number of hydrogen-bond acceptors (Lipinski definition) is 6. The first-order valence-corrected chi connectivity index (χ1v) is 4.08. The third-order valence-electron chi connectivity index (χ3n) is 1.87. The highest BCUT2D eigenvalue weighted by Gasteiger charge is 2.41. The van der Waals surface area contributed by atoms with E-state index in [-0.39, 0.29) is 0 Å². The predicted octanol–water partition coefficient (Wildman–Crippen LogP) is -2.28. The number of aliphatic hydroxyl groups excluding tert-OH is 4. The molecule has 0 aromatic carbocycles. The Kier molecular flexibility index (Phi) is 3.33. The van der Waals surface area contributed by atoms with Crippen molar-refractivity contribution in [1.29, 1.82) is 0 Å². The minimum atomic E-state index is -1.40. The van der Waals surface area contributed by atoms with Gasteiger partial charge in [-0.25, -0.2) is 0 Å². The quantitative estimate of drug-likeness (QED) is 0.305. The smallest absolute Gasteiger partial charge is 0.182 e. The summed E-state index contributed by atoms with van der Waals surface area (Å²) in [4.78, 5) is 0. The summed E-state index contributed by atoms with van der Waals surface area (Å²) < 4.78 is 4.69. The van der Waals surface area contributed by atoms with Crippen LogP contribution in [0.25, 0.3) is 0 Å². The summed E-state index contributed by atoms with van der Waals surface area (Å²) in [5, 5.41) is 35.3. The van der Waals surface area contributed by atoms with E-state index < -0.39 is 36.5 Å². The van der Waals surface area contributed by atoms with Crippen molar-refractivity contribution < 1.29 is 25.2 Å². The predicted molar refractivity (Wildman–Crippen MR) is 42.8 cm³/mol. The largest absolute Gasteiger partial charge is 0.394 e. The van der Waals surface area contributed by atoms with Gasteiger partial charge in [-0.15, -0.1) is 0 Å². The Hall–Kier alpha value is 0.150. The van der Waals surface area contributed by atoms with Crippen LogP contribution in [0.15, 0.2) is 0 Å². The van der Waals surface area contributed by atoms with Crippen LogP contribution < -0.4 is 0 Å². The summed E-state index contributed by atoms with van der Waals surface area (Å²) in [5.74, 6) is 0. The lowest BCUT2D eigenvalue weighted by Gasteiger charge is -2.37. The van der Waals surface area contributed by atoms with Crippen LogP contribution in [-0.4, -0.2) is 56.9 Å². The molecule has 0 unspecified atom stereocenters. The lowest BCUT2D eigenvalue weighted by molar-refractivity contribution is -0.247. The Morgan fingerprint density at radius 3 is 2.25 bits per heavy atom. The molecule has 1 aliphatic rings. The Labute approximate surface area is 75.0 Å². The molecule has 1 fully saturated rings. The molecule has 0 amide bonds. The normalized spacial score (nSPS) is 49.2. The maximum absolute atomic E-state index is 9.29. The molecule has 1 saturated heterocycles. The third kappa shape index (κ3) is 1.73. The van der Waals surface area contributed by atoms with Gasteiger partial charge < -0.3 is 25.2 Å². The van der Waals surface area contributed by atoms with Crippen molar-refractivity contribution in [1.82, 2.24) is 0 Å². The van der Waals surface area contributed by atoms with Crippen molar-refractivity contribution in [2.24, 2.45) is 0 Å². The number of aliphatic hydroxyl groups is 4. The molecule has 4 N–H and O–H groups in total. The molecule has 0 spiro atoms. The van der Waals surface area contributed by atoms with E-state index in [1.54, 1.807) is 0 Å². The first-order valence-electron chi connectivity index (χ1n) is 3.56. The summed E-state index contributed by atoms with van der Waals surface area (Å²) in [6, 6.07) is 0. The van der Waals surface area contributed by atoms with Gasteiger partial charge in [-0.2, -0.15) is 12.6 Å². The van der Waals surface area contributed by atoms with E-state index in [0.717, 1.165) is 0 Å². The maximum atomic E-state index is 9.29. The topological polar surface area (TPSA) is 90.2 Å². The van der Waals surface area contributed by atoms with Crippen molar-refractivity contribution in [2.75, 3.05) is 6.61 Å². The fraction of sp³-hybridized carbons (Fsp3) is 1.00. The zero-order valence-corrected chi connectivity index (χ0v) is 7.13. The van der Waals surface area contributed by atoms with Gasteiger partial charge in [-0.3, -0.25) is 0 Å². The lowest BCUT2D eigenvalue weighted by atomic mass is 10.0. The highest BCUT2D eigenvalue weighted by Crippen LogP contribution is 2.23. The zero-order chi connectivity index (χ0) is 9.30. The average Bonchev–Trinajstić information content (AvgIpc) is 2.08. The molecule has 5 nitrogen and oxygen atoms in total. The van der Waals surface area contributed by atoms with Gasteiger partial charge in [0.25, 0.3) is 0 Å². The van der Waals surface area contributed by atoms with Crippen LogP contribution in [0.1, 0.15) is 0 Å². The van der Waals surface area contributed by atoms with Gasteiger partial charge in [0.1, 0.15) is 12.2 Å². The van der Waals surface area contributed by atoms with E-state index in [4.69, 9.17) is 15.3 Å². The van der Waals surface area contributed by atoms with Crippen molar-refractivity contribution >= 4 is 12.6 Å². The van der Waals surface area contributed by atoms with Crippen LogP contribution in [0.4, 0.5) is 0 Å². The van der Waals surface area contributed by atoms with Crippen LogP contribution in [0.5, 0.6) is 0 Å². The zero-order valence-electron chi connectivity index (χ0n) is 6.24. The van der Waals surface area contributed by atoms with E-state index in [9.17, 15) is 5.11 Å². The summed E-state index contributed by atoms with van der Waals surface area (Å²) in [5.41, 5.74) is 0. The Morgan fingerprint density at radius 1 is 1.17 bits per heavy atom. The van der Waals surface area contributed by atoms with Crippen LogP contribution in [-0.2, 0) is 4.74 Å². The minimum absolute atomic E-state index is 0.415. The van der Waals surface area contributed by atoms with Gasteiger partial charge in [0, 0.05) is 0 Å². The Bertz CT molecular complexity index is 150. The molecule has 1 aliphatic heterocycles. The second-order valence-corrected chi connectivity index (χ2v) is 3.32. The monoisotopic (exact) mass is 196 g/mol. The van der Waals surface area contributed by atoms with Gasteiger partial charge in [0.15, 0.2) is 6.29 Å². The van der Waals surface area contributed by atoms with Crippen LogP contribution in [0.3, 0.4) is 0 Å². The molecule has 1 rings (SSSR count). The van der Waals surface area contributed by atoms with Gasteiger partial charge in [0.05, 0.1) is 18.0 Å². The van der Waals surface area contributed by atoms with E-state index in [0.29, 0.717) is 0 Å². The molecule has 6 heteroatoms. The first kappa shape index (κ1) is 10.2. The summed E-state index contributed by atoms with van der Waals surface area (Å²) in [6.45, 7) is -0.415. The number of thiol groups is 1. The van der Waals surface area contributed by atoms with Gasteiger partial charge in [-0.05, 0) is 0 Å². The van der Waals surface area contributed by atoms with Crippen molar-refractivity contribution in [2.45, 2.75) is 29.9 Å². The summed E-state index contributed by atoms with van der Waals surface area (Å²) in [7, 11) is 0. The van der Waals surface area contributed by atoms with E-state index in [2.05, 4.69) is 17.4 Å². The second-order valence-electron chi connectivity index (χ2n) is 2.72. The second kappa shape index (κ2) is 3.91. The van der Waals surface area contributed by atoms with E-state index in [1.165, 1.54) is 0 Å².